The molecule has 1 aromatic carbocycles. The van der Waals surface area contributed by atoms with Gasteiger partial charge in [-0.05, 0) is 44.0 Å². The van der Waals surface area contributed by atoms with Gasteiger partial charge in [-0.1, -0.05) is 0 Å². The minimum atomic E-state index is -0.457. The zero-order valence-corrected chi connectivity index (χ0v) is 20.2. The Hall–Kier alpha value is -3.73. The molecule has 1 atom stereocenters. The Kier molecular flexibility index (Phi) is 7.45. The van der Waals surface area contributed by atoms with E-state index >= 15 is 0 Å². The highest BCUT2D eigenvalue weighted by molar-refractivity contribution is 5.96. The molecule has 0 unspecified atom stereocenters. The molecule has 11 heteroatoms. The van der Waals surface area contributed by atoms with Crippen LogP contribution in [0.1, 0.15) is 30.3 Å². The van der Waals surface area contributed by atoms with Crippen LogP contribution >= 0.6 is 0 Å². The summed E-state index contributed by atoms with van der Waals surface area (Å²) in [5.74, 6) is 0.310. The second-order valence-electron chi connectivity index (χ2n) is 8.97. The van der Waals surface area contributed by atoms with Gasteiger partial charge in [-0.3, -0.25) is 9.59 Å². The number of hydrogen-bond donors (Lipinski definition) is 3. The Balaban J connectivity index is 1.57. The molecule has 186 valence electrons. The summed E-state index contributed by atoms with van der Waals surface area (Å²) in [6.45, 7) is 3.66. The van der Waals surface area contributed by atoms with Gasteiger partial charge in [0.25, 0.3) is 5.91 Å². The van der Waals surface area contributed by atoms with Gasteiger partial charge < -0.3 is 30.5 Å². The normalized spacial score (nSPS) is 17.5. The Morgan fingerprint density at radius 2 is 1.89 bits per heavy atom. The zero-order valence-electron chi connectivity index (χ0n) is 20.2. The number of amides is 4. The van der Waals surface area contributed by atoms with Crippen LogP contribution in [0.4, 0.5) is 16.3 Å². The molecule has 1 saturated carbocycles. The van der Waals surface area contributed by atoms with Crippen LogP contribution < -0.4 is 20.9 Å². The number of carbonyl (C=O) groups is 3. The number of aromatic nitrogens is 2. The average Bonchev–Trinajstić information content (AvgIpc) is 3.66. The van der Waals surface area contributed by atoms with Gasteiger partial charge in [-0.25, -0.2) is 14.8 Å². The molecule has 0 bridgehead atoms. The van der Waals surface area contributed by atoms with Crippen molar-refractivity contribution in [3.05, 3.63) is 36.0 Å². The van der Waals surface area contributed by atoms with Crippen LogP contribution in [0.2, 0.25) is 0 Å². The van der Waals surface area contributed by atoms with Gasteiger partial charge in [0.05, 0.1) is 25.8 Å². The quantitative estimate of drug-likeness (QED) is 0.546. The first-order chi connectivity index (χ1) is 16.8. The molecule has 1 aromatic heterocycles. The van der Waals surface area contributed by atoms with Gasteiger partial charge in [-0.2, -0.15) is 0 Å². The molecule has 35 heavy (non-hydrogen) atoms. The fourth-order valence-electron chi connectivity index (χ4n) is 3.58. The molecular formula is C24H31N7O4. The predicted octanol–water partition coefficient (Wildman–Crippen LogP) is 1.47. The van der Waals surface area contributed by atoms with E-state index in [-0.39, 0.29) is 36.3 Å². The summed E-state index contributed by atoms with van der Waals surface area (Å²) in [5, 5.41) is 8.33. The molecule has 4 amide bonds. The molecule has 2 aromatic rings. The van der Waals surface area contributed by atoms with Gasteiger partial charge in [0.15, 0.2) is 5.82 Å². The van der Waals surface area contributed by atoms with E-state index in [1.807, 2.05) is 6.92 Å². The fourth-order valence-corrected chi connectivity index (χ4v) is 3.58. The summed E-state index contributed by atoms with van der Waals surface area (Å²) >= 11 is 0. The van der Waals surface area contributed by atoms with Crippen LogP contribution in [0.25, 0.3) is 11.4 Å². The molecule has 1 aliphatic heterocycles. The second-order valence-corrected chi connectivity index (χ2v) is 8.97. The topological polar surface area (TPSA) is 129 Å². The number of likely N-dealkylation sites (N-methyl/N-ethyl adjacent to an activating group) is 1. The predicted molar refractivity (Wildman–Crippen MR) is 131 cm³/mol. The van der Waals surface area contributed by atoms with E-state index < -0.39 is 5.91 Å². The third-order valence-corrected chi connectivity index (χ3v) is 5.82. The summed E-state index contributed by atoms with van der Waals surface area (Å²) in [7, 11) is 3.26. The molecule has 4 rings (SSSR count). The zero-order chi connectivity index (χ0) is 24.9. The smallest absolute Gasteiger partial charge is 0.319 e. The number of ether oxygens (including phenoxy) is 1. The number of rotatable bonds is 7. The largest absolute Gasteiger partial charge is 0.377 e. The maximum Gasteiger partial charge on any atom is 0.319 e. The van der Waals surface area contributed by atoms with E-state index in [0.29, 0.717) is 42.7 Å². The number of morpholine rings is 1. The van der Waals surface area contributed by atoms with Crippen molar-refractivity contribution in [2.24, 2.45) is 0 Å². The molecule has 1 saturated heterocycles. The summed E-state index contributed by atoms with van der Waals surface area (Å²) in [4.78, 5) is 49.5. The molecule has 2 aliphatic rings. The maximum absolute atomic E-state index is 12.9. The molecule has 1 aliphatic carbocycles. The van der Waals surface area contributed by atoms with Crippen LogP contribution in [0, 0.1) is 0 Å². The van der Waals surface area contributed by atoms with Crippen molar-refractivity contribution in [3.8, 4) is 11.4 Å². The van der Waals surface area contributed by atoms with E-state index in [4.69, 9.17) is 9.72 Å². The average molecular weight is 482 g/mol. The van der Waals surface area contributed by atoms with Gasteiger partial charge in [0.1, 0.15) is 11.5 Å². The Labute approximate surface area is 204 Å². The summed E-state index contributed by atoms with van der Waals surface area (Å²) < 4.78 is 5.54. The first-order valence-electron chi connectivity index (χ1n) is 11.7. The minimum Gasteiger partial charge on any atom is -0.377 e. The highest BCUT2D eigenvalue weighted by atomic mass is 16.5. The maximum atomic E-state index is 12.9. The van der Waals surface area contributed by atoms with E-state index in [0.717, 1.165) is 12.8 Å². The third kappa shape index (κ3) is 6.44. The van der Waals surface area contributed by atoms with Crippen molar-refractivity contribution < 1.29 is 19.1 Å². The van der Waals surface area contributed by atoms with Gasteiger partial charge in [0.2, 0.25) is 5.91 Å². The summed E-state index contributed by atoms with van der Waals surface area (Å²) in [6, 6.07) is 8.89. The van der Waals surface area contributed by atoms with Gasteiger partial charge in [0, 0.05) is 44.0 Å². The van der Waals surface area contributed by atoms with Crippen LogP contribution in [-0.4, -0.2) is 85.2 Å². The van der Waals surface area contributed by atoms with Crippen molar-refractivity contribution in [3.63, 3.8) is 0 Å². The summed E-state index contributed by atoms with van der Waals surface area (Å²) in [5.41, 5.74) is 1.51. The van der Waals surface area contributed by atoms with Crippen molar-refractivity contribution in [1.82, 2.24) is 25.5 Å². The SMILES string of the molecule is C[C@H]1COCCN1c1cc(C(=O)NCC(=O)N(C)C)nc(-c2ccc(NC(=O)NC3CC3)cc2)n1. The Morgan fingerprint density at radius 3 is 2.54 bits per heavy atom. The Bertz CT molecular complexity index is 1090. The van der Waals surface area contributed by atoms with Crippen molar-refractivity contribution in [1.29, 1.82) is 0 Å². The Morgan fingerprint density at radius 1 is 1.14 bits per heavy atom. The molecule has 0 spiro atoms. The second kappa shape index (κ2) is 10.7. The van der Waals surface area contributed by atoms with Crippen LogP contribution in [0.3, 0.4) is 0 Å². The van der Waals surface area contributed by atoms with Gasteiger partial charge in [-0.15, -0.1) is 0 Å². The van der Waals surface area contributed by atoms with Crippen molar-refractivity contribution in [2.75, 3.05) is 50.6 Å². The highest BCUT2D eigenvalue weighted by Gasteiger charge is 2.24. The number of carbonyl (C=O) groups excluding carboxylic acids is 3. The molecule has 2 fully saturated rings. The van der Waals surface area contributed by atoms with E-state index in [1.165, 1.54) is 4.90 Å². The lowest BCUT2D eigenvalue weighted by molar-refractivity contribution is -0.127. The number of hydrogen-bond acceptors (Lipinski definition) is 7. The summed E-state index contributed by atoms with van der Waals surface area (Å²) in [6.07, 6.45) is 2.03. The minimum absolute atomic E-state index is 0.0780. The third-order valence-electron chi connectivity index (χ3n) is 5.82. The van der Waals surface area contributed by atoms with E-state index in [1.54, 1.807) is 44.4 Å². The fraction of sp³-hybridized carbons (Fsp3) is 0.458. The van der Waals surface area contributed by atoms with Crippen LogP contribution in [-0.2, 0) is 9.53 Å². The molecule has 2 heterocycles. The lowest BCUT2D eigenvalue weighted by atomic mass is 10.1. The van der Waals surface area contributed by atoms with Crippen LogP contribution in [0.5, 0.6) is 0 Å². The molecule has 11 nitrogen and oxygen atoms in total. The standard InChI is InChI=1S/C24H31N7O4/c1-15-14-35-11-10-31(15)20-12-19(23(33)25-13-21(32)30(2)3)28-22(29-20)16-4-6-17(7-5-16)26-24(34)27-18-8-9-18/h4-7,12,15,18H,8-11,13-14H2,1-3H3,(H,25,33)(H2,26,27,34)/t15-/m0/s1. The highest BCUT2D eigenvalue weighted by Crippen LogP contribution is 2.25. The molecule has 0 radical (unpaired) electrons. The monoisotopic (exact) mass is 481 g/mol. The van der Waals surface area contributed by atoms with Gasteiger partial charge >= 0.3 is 6.03 Å². The number of anilines is 2. The lowest BCUT2D eigenvalue weighted by Gasteiger charge is -2.34. The van der Waals surface area contributed by atoms with Crippen LogP contribution in [0.15, 0.2) is 30.3 Å². The van der Waals surface area contributed by atoms with E-state index in [2.05, 4.69) is 25.8 Å². The van der Waals surface area contributed by atoms with Crippen molar-refractivity contribution >= 4 is 29.4 Å². The number of urea groups is 1. The first kappa shape index (κ1) is 24.4. The number of nitrogens with zero attached hydrogens (tertiary/aromatic N) is 4. The molecule has 3 N–H and O–H groups in total. The number of nitrogens with one attached hydrogen (secondary N) is 3. The van der Waals surface area contributed by atoms with E-state index in [9.17, 15) is 14.4 Å². The lowest BCUT2D eigenvalue weighted by Crippen LogP contribution is -2.44. The number of benzene rings is 1. The van der Waals surface area contributed by atoms with Crippen molar-refractivity contribution in [2.45, 2.75) is 31.8 Å². The molecular weight excluding hydrogens is 450 g/mol. The first-order valence-corrected chi connectivity index (χ1v) is 11.7.